The van der Waals surface area contributed by atoms with Crippen molar-refractivity contribution in [1.82, 2.24) is 0 Å². The largest absolute Gasteiger partial charge is 0.494 e. The predicted molar refractivity (Wildman–Crippen MR) is 104 cm³/mol. The highest BCUT2D eigenvalue weighted by Crippen LogP contribution is 2.19. The fourth-order valence-corrected chi connectivity index (χ4v) is 2.75. The molecule has 0 saturated carbocycles. The maximum Gasteiger partial charge on any atom is 0.306 e. The second-order valence-corrected chi connectivity index (χ2v) is 6.80. The molecule has 0 aliphatic carbocycles. The smallest absolute Gasteiger partial charge is 0.306 e. The molecule has 0 radical (unpaired) electrons. The highest BCUT2D eigenvalue weighted by atomic mass is 79.9. The van der Waals surface area contributed by atoms with Crippen molar-refractivity contribution in [2.24, 2.45) is 0 Å². The Kier molecular flexibility index (Phi) is 7.66. The minimum Gasteiger partial charge on any atom is -0.494 e. The van der Waals surface area contributed by atoms with Crippen molar-refractivity contribution in [2.75, 3.05) is 18.5 Å². The molecule has 2 aromatic carbocycles. The Bertz CT molecular complexity index is 756. The summed E-state index contributed by atoms with van der Waals surface area (Å²) in [5, 5.41) is 2.78. The van der Waals surface area contributed by atoms with Gasteiger partial charge in [-0.1, -0.05) is 40.2 Å². The van der Waals surface area contributed by atoms with E-state index in [0.29, 0.717) is 13.0 Å². The average Bonchev–Trinajstić information content (AvgIpc) is 2.60. The first-order valence-corrected chi connectivity index (χ1v) is 9.15. The lowest BCUT2D eigenvalue weighted by molar-refractivity contribution is -0.147. The number of aryl methyl sites for hydroxylation is 2. The summed E-state index contributed by atoms with van der Waals surface area (Å²) in [5.41, 5.74) is 2.69. The number of anilines is 1. The van der Waals surface area contributed by atoms with Crippen LogP contribution in [0.25, 0.3) is 0 Å². The number of nitrogens with one attached hydrogen (secondary N) is 1. The quantitative estimate of drug-likeness (QED) is 0.508. The zero-order valence-corrected chi connectivity index (χ0v) is 16.5. The molecule has 0 aliphatic rings. The van der Waals surface area contributed by atoms with Crippen LogP contribution in [0.5, 0.6) is 5.75 Å². The number of benzene rings is 2. The zero-order chi connectivity index (χ0) is 18.9. The number of esters is 1. The van der Waals surface area contributed by atoms with E-state index in [1.807, 2.05) is 56.3 Å². The molecule has 2 aromatic rings. The van der Waals surface area contributed by atoms with Gasteiger partial charge in [-0.05, 0) is 49.6 Å². The number of carbonyl (C=O) groups excluding carboxylic acids is 2. The summed E-state index contributed by atoms with van der Waals surface area (Å²) in [6.07, 6.45) is 0.717. The molecule has 0 fully saturated rings. The van der Waals surface area contributed by atoms with Crippen LogP contribution in [0.1, 0.15) is 24.0 Å². The highest BCUT2D eigenvalue weighted by Gasteiger charge is 2.10. The van der Waals surface area contributed by atoms with Gasteiger partial charge in [0.1, 0.15) is 5.75 Å². The van der Waals surface area contributed by atoms with Gasteiger partial charge >= 0.3 is 5.97 Å². The second-order valence-electron chi connectivity index (χ2n) is 5.89. The minimum atomic E-state index is -0.417. The number of carbonyl (C=O) groups is 2. The van der Waals surface area contributed by atoms with Gasteiger partial charge in [0.05, 0.1) is 6.61 Å². The first-order chi connectivity index (χ1) is 12.5. The molecule has 2 rings (SSSR count). The van der Waals surface area contributed by atoms with Crippen molar-refractivity contribution < 1.29 is 19.1 Å². The van der Waals surface area contributed by atoms with Crippen LogP contribution in [0.4, 0.5) is 5.69 Å². The molecule has 0 unspecified atom stereocenters. The summed E-state index contributed by atoms with van der Waals surface area (Å²) < 4.78 is 11.5. The van der Waals surface area contributed by atoms with Gasteiger partial charge in [0.2, 0.25) is 0 Å². The number of hydrogen-bond donors (Lipinski definition) is 1. The van der Waals surface area contributed by atoms with Gasteiger partial charge in [0, 0.05) is 16.6 Å². The Labute approximate surface area is 161 Å². The standard InChI is InChI=1S/C20H22BrNO4/c1-14-6-3-7-15(2)20(14)22-18(23)13-26-19(24)10-5-11-25-17-9-4-8-16(21)12-17/h3-4,6-9,12H,5,10-11,13H2,1-2H3,(H,22,23). The molecule has 0 saturated heterocycles. The van der Waals surface area contributed by atoms with Crippen LogP contribution in [0.3, 0.4) is 0 Å². The van der Waals surface area contributed by atoms with Gasteiger partial charge in [-0.3, -0.25) is 9.59 Å². The lowest BCUT2D eigenvalue weighted by Crippen LogP contribution is -2.22. The molecule has 26 heavy (non-hydrogen) atoms. The molecule has 1 amide bonds. The summed E-state index contributed by atoms with van der Waals surface area (Å²) in [7, 11) is 0. The van der Waals surface area contributed by atoms with E-state index in [4.69, 9.17) is 9.47 Å². The molecule has 0 heterocycles. The van der Waals surface area contributed by atoms with E-state index in [-0.39, 0.29) is 18.9 Å². The summed E-state index contributed by atoms with van der Waals surface area (Å²) in [6, 6.07) is 13.3. The van der Waals surface area contributed by atoms with E-state index < -0.39 is 5.97 Å². The van der Waals surface area contributed by atoms with Crippen LogP contribution in [-0.2, 0) is 14.3 Å². The number of hydrogen-bond acceptors (Lipinski definition) is 4. The Morgan fingerprint density at radius 3 is 2.46 bits per heavy atom. The average molecular weight is 420 g/mol. The number of ether oxygens (including phenoxy) is 2. The SMILES string of the molecule is Cc1cccc(C)c1NC(=O)COC(=O)CCCOc1cccc(Br)c1. The summed E-state index contributed by atoms with van der Waals surface area (Å²) in [6.45, 7) is 3.94. The lowest BCUT2D eigenvalue weighted by Gasteiger charge is -2.11. The van der Waals surface area contributed by atoms with Crippen LogP contribution in [0, 0.1) is 13.8 Å². The van der Waals surface area contributed by atoms with Crippen LogP contribution < -0.4 is 10.1 Å². The van der Waals surface area contributed by atoms with Crippen molar-refractivity contribution >= 4 is 33.5 Å². The lowest BCUT2D eigenvalue weighted by atomic mass is 10.1. The minimum absolute atomic E-state index is 0.199. The number of rotatable bonds is 8. The van der Waals surface area contributed by atoms with E-state index in [1.54, 1.807) is 0 Å². The summed E-state index contributed by atoms with van der Waals surface area (Å²) in [5.74, 6) is -0.0265. The van der Waals surface area contributed by atoms with Gasteiger partial charge < -0.3 is 14.8 Å². The molecule has 0 spiro atoms. The summed E-state index contributed by atoms with van der Waals surface area (Å²) in [4.78, 5) is 23.7. The number of halogens is 1. The molecule has 5 nitrogen and oxygen atoms in total. The maximum absolute atomic E-state index is 12.0. The van der Waals surface area contributed by atoms with Gasteiger partial charge in [-0.2, -0.15) is 0 Å². The van der Waals surface area contributed by atoms with Crippen LogP contribution >= 0.6 is 15.9 Å². The molecule has 0 aliphatic heterocycles. The normalized spacial score (nSPS) is 10.3. The molecule has 0 aromatic heterocycles. The maximum atomic E-state index is 12.0. The predicted octanol–water partition coefficient (Wildman–Crippen LogP) is 4.41. The second kappa shape index (κ2) is 9.97. The van der Waals surface area contributed by atoms with Crippen LogP contribution in [0.2, 0.25) is 0 Å². The van der Waals surface area contributed by atoms with Crippen molar-refractivity contribution in [3.8, 4) is 5.75 Å². The van der Waals surface area contributed by atoms with Crippen molar-refractivity contribution in [2.45, 2.75) is 26.7 Å². The molecule has 1 N–H and O–H groups in total. The number of amides is 1. The highest BCUT2D eigenvalue weighted by molar-refractivity contribution is 9.10. The number of para-hydroxylation sites is 1. The molecule has 0 bridgehead atoms. The Balaban J connectivity index is 1.66. The van der Waals surface area contributed by atoms with Gasteiger partial charge in [0.15, 0.2) is 6.61 Å². The molecular formula is C20H22BrNO4. The monoisotopic (exact) mass is 419 g/mol. The molecule has 6 heteroatoms. The Morgan fingerprint density at radius 2 is 1.77 bits per heavy atom. The van der Waals surface area contributed by atoms with E-state index in [1.165, 1.54) is 0 Å². The van der Waals surface area contributed by atoms with E-state index in [0.717, 1.165) is 27.0 Å². The van der Waals surface area contributed by atoms with Gasteiger partial charge in [0.25, 0.3) is 5.91 Å². The third-order valence-electron chi connectivity index (χ3n) is 3.70. The van der Waals surface area contributed by atoms with Gasteiger partial charge in [-0.15, -0.1) is 0 Å². The van der Waals surface area contributed by atoms with Crippen molar-refractivity contribution in [3.05, 3.63) is 58.1 Å². The molecule has 138 valence electrons. The van der Waals surface area contributed by atoms with Crippen LogP contribution in [0.15, 0.2) is 46.9 Å². The zero-order valence-electron chi connectivity index (χ0n) is 14.9. The molecule has 0 atom stereocenters. The third kappa shape index (κ3) is 6.52. The van der Waals surface area contributed by atoms with Crippen molar-refractivity contribution in [1.29, 1.82) is 0 Å². The van der Waals surface area contributed by atoms with Crippen LogP contribution in [-0.4, -0.2) is 25.1 Å². The summed E-state index contributed by atoms with van der Waals surface area (Å²) >= 11 is 3.37. The van der Waals surface area contributed by atoms with Gasteiger partial charge in [-0.25, -0.2) is 0 Å². The fraction of sp³-hybridized carbons (Fsp3) is 0.300. The topological polar surface area (TPSA) is 64.6 Å². The third-order valence-corrected chi connectivity index (χ3v) is 4.19. The van der Waals surface area contributed by atoms with E-state index in [9.17, 15) is 9.59 Å². The van der Waals surface area contributed by atoms with E-state index in [2.05, 4.69) is 21.2 Å². The first kappa shape index (κ1) is 20.0. The van der Waals surface area contributed by atoms with Crippen molar-refractivity contribution in [3.63, 3.8) is 0 Å². The Morgan fingerprint density at radius 1 is 1.08 bits per heavy atom. The Hall–Kier alpha value is -2.34. The molecular weight excluding hydrogens is 398 g/mol. The first-order valence-electron chi connectivity index (χ1n) is 8.36. The fourth-order valence-electron chi connectivity index (χ4n) is 2.37. The van der Waals surface area contributed by atoms with E-state index >= 15 is 0 Å².